The summed E-state index contributed by atoms with van der Waals surface area (Å²) in [6.45, 7) is 6.01. The van der Waals surface area contributed by atoms with Crippen LogP contribution in [0.4, 0.5) is 0 Å². The van der Waals surface area contributed by atoms with Crippen LogP contribution in [0.2, 0.25) is 0 Å². The van der Waals surface area contributed by atoms with E-state index in [1.54, 1.807) is 0 Å². The molecule has 0 spiro atoms. The van der Waals surface area contributed by atoms with E-state index in [-0.39, 0.29) is 6.04 Å². The minimum atomic E-state index is -0.0193. The Morgan fingerprint density at radius 1 is 1.35 bits per heavy atom. The van der Waals surface area contributed by atoms with Crippen LogP contribution >= 0.6 is 12.2 Å². The molecule has 2 rings (SSSR count). The van der Waals surface area contributed by atoms with Gasteiger partial charge >= 0.3 is 0 Å². The van der Waals surface area contributed by atoms with Gasteiger partial charge in [-0.05, 0) is 24.1 Å². The maximum atomic E-state index is 5.94. The van der Waals surface area contributed by atoms with Crippen LogP contribution in [-0.2, 0) is 4.74 Å². The van der Waals surface area contributed by atoms with Crippen LogP contribution in [0.15, 0.2) is 24.3 Å². The Kier molecular flexibility index (Phi) is 5.76. The standard InChI is InChI=1S/C15H22N2O2S/c1-2-9-19-13-5-3-12(4-6-13)14(15(16)20)17-7-10-18-11-8-17/h3-6,14H,2,7-11H2,1H3,(H2,16,20). The Labute approximate surface area is 125 Å². The average molecular weight is 294 g/mol. The molecule has 0 saturated carbocycles. The first kappa shape index (κ1) is 15.2. The molecular formula is C15H22N2O2S. The number of nitrogens with zero attached hydrogens (tertiary/aromatic N) is 1. The van der Waals surface area contributed by atoms with E-state index >= 15 is 0 Å². The van der Waals surface area contributed by atoms with E-state index < -0.39 is 0 Å². The lowest BCUT2D eigenvalue weighted by Crippen LogP contribution is -2.43. The summed E-state index contributed by atoms with van der Waals surface area (Å²) in [4.78, 5) is 2.78. The van der Waals surface area contributed by atoms with Crippen LogP contribution in [0.5, 0.6) is 5.75 Å². The third-order valence-electron chi connectivity index (χ3n) is 3.35. The molecule has 1 fully saturated rings. The molecule has 1 unspecified atom stereocenters. The first-order valence-electron chi connectivity index (χ1n) is 7.06. The molecular weight excluding hydrogens is 272 g/mol. The molecule has 4 nitrogen and oxygen atoms in total. The number of morpholine rings is 1. The highest BCUT2D eigenvalue weighted by atomic mass is 32.1. The van der Waals surface area contributed by atoms with Crippen LogP contribution < -0.4 is 10.5 Å². The van der Waals surface area contributed by atoms with Crippen molar-refractivity contribution in [1.82, 2.24) is 4.90 Å². The van der Waals surface area contributed by atoms with Gasteiger partial charge in [0.25, 0.3) is 0 Å². The zero-order valence-corrected chi connectivity index (χ0v) is 12.7. The van der Waals surface area contributed by atoms with Crippen LogP contribution in [0.25, 0.3) is 0 Å². The predicted octanol–water partition coefficient (Wildman–Crippen LogP) is 2.13. The van der Waals surface area contributed by atoms with Crippen LogP contribution in [0.3, 0.4) is 0 Å². The summed E-state index contributed by atoms with van der Waals surface area (Å²) in [7, 11) is 0. The van der Waals surface area contributed by atoms with Crippen molar-refractivity contribution in [3.05, 3.63) is 29.8 Å². The molecule has 0 bridgehead atoms. The SMILES string of the molecule is CCCOc1ccc(C(C(N)=S)N2CCOCC2)cc1. The third kappa shape index (κ3) is 3.91. The van der Waals surface area contributed by atoms with Gasteiger partial charge in [-0.25, -0.2) is 0 Å². The Hall–Kier alpha value is -1.17. The zero-order chi connectivity index (χ0) is 14.4. The Bertz CT molecular complexity index is 430. The van der Waals surface area contributed by atoms with Crippen molar-refractivity contribution in [2.24, 2.45) is 5.73 Å². The van der Waals surface area contributed by atoms with E-state index in [4.69, 9.17) is 27.4 Å². The Morgan fingerprint density at radius 2 is 2.00 bits per heavy atom. The van der Waals surface area contributed by atoms with E-state index in [9.17, 15) is 0 Å². The molecule has 1 atom stereocenters. The molecule has 2 N–H and O–H groups in total. The molecule has 110 valence electrons. The van der Waals surface area contributed by atoms with Crippen LogP contribution in [0, 0.1) is 0 Å². The fourth-order valence-electron chi connectivity index (χ4n) is 2.36. The molecule has 0 radical (unpaired) electrons. The highest BCUT2D eigenvalue weighted by Gasteiger charge is 2.24. The minimum absolute atomic E-state index is 0.0193. The molecule has 0 amide bonds. The number of benzene rings is 1. The number of nitrogens with two attached hydrogens (primary N) is 1. The number of ether oxygens (including phenoxy) is 2. The molecule has 1 aromatic rings. The maximum absolute atomic E-state index is 5.94. The number of hydrogen-bond donors (Lipinski definition) is 1. The summed E-state index contributed by atoms with van der Waals surface area (Å²) < 4.78 is 11.0. The normalized spacial score (nSPS) is 17.6. The lowest BCUT2D eigenvalue weighted by atomic mass is 10.0. The lowest BCUT2D eigenvalue weighted by Gasteiger charge is -2.34. The summed E-state index contributed by atoms with van der Waals surface area (Å²) in [6.07, 6.45) is 1.01. The fraction of sp³-hybridized carbons (Fsp3) is 0.533. The first-order valence-corrected chi connectivity index (χ1v) is 7.47. The van der Waals surface area contributed by atoms with Crippen LogP contribution in [0.1, 0.15) is 24.9 Å². The molecule has 1 heterocycles. The topological polar surface area (TPSA) is 47.7 Å². The van der Waals surface area contributed by atoms with Crippen molar-refractivity contribution in [1.29, 1.82) is 0 Å². The molecule has 1 saturated heterocycles. The monoisotopic (exact) mass is 294 g/mol. The van der Waals surface area contributed by atoms with Crippen molar-refractivity contribution < 1.29 is 9.47 Å². The number of hydrogen-bond acceptors (Lipinski definition) is 4. The molecule has 0 aliphatic carbocycles. The summed E-state index contributed by atoms with van der Waals surface area (Å²) >= 11 is 5.25. The summed E-state index contributed by atoms with van der Waals surface area (Å²) in [5.74, 6) is 0.888. The van der Waals surface area contributed by atoms with Gasteiger partial charge in [0.05, 0.1) is 30.9 Å². The van der Waals surface area contributed by atoms with Gasteiger partial charge in [0, 0.05) is 13.1 Å². The second kappa shape index (κ2) is 7.57. The molecule has 1 aromatic carbocycles. The van der Waals surface area contributed by atoms with Gasteiger partial charge < -0.3 is 15.2 Å². The van der Waals surface area contributed by atoms with Gasteiger partial charge in [0.15, 0.2) is 0 Å². The van der Waals surface area contributed by atoms with Crippen molar-refractivity contribution >= 4 is 17.2 Å². The predicted molar refractivity (Wildman–Crippen MR) is 84.1 cm³/mol. The smallest absolute Gasteiger partial charge is 0.119 e. The summed E-state index contributed by atoms with van der Waals surface area (Å²) in [6, 6.07) is 8.04. The number of thiocarbonyl (C=S) groups is 1. The van der Waals surface area contributed by atoms with Gasteiger partial charge in [-0.15, -0.1) is 0 Å². The summed E-state index contributed by atoms with van der Waals surface area (Å²) in [5.41, 5.74) is 7.05. The lowest BCUT2D eigenvalue weighted by molar-refractivity contribution is 0.0289. The molecule has 20 heavy (non-hydrogen) atoms. The Morgan fingerprint density at radius 3 is 2.55 bits per heavy atom. The molecule has 1 aliphatic rings. The van der Waals surface area contributed by atoms with E-state index in [1.807, 2.05) is 24.3 Å². The second-order valence-corrected chi connectivity index (χ2v) is 5.34. The first-order chi connectivity index (χ1) is 9.72. The zero-order valence-electron chi connectivity index (χ0n) is 11.9. The summed E-state index contributed by atoms with van der Waals surface area (Å²) in [5, 5.41) is 0. The molecule has 0 aromatic heterocycles. The Balaban J connectivity index is 2.10. The van der Waals surface area contributed by atoms with Gasteiger partial charge in [0.1, 0.15) is 5.75 Å². The second-order valence-electron chi connectivity index (χ2n) is 4.87. The van der Waals surface area contributed by atoms with Crippen molar-refractivity contribution in [3.63, 3.8) is 0 Å². The number of rotatable bonds is 6. The maximum Gasteiger partial charge on any atom is 0.119 e. The molecule has 1 aliphatic heterocycles. The van der Waals surface area contributed by atoms with Crippen LogP contribution in [-0.4, -0.2) is 42.8 Å². The van der Waals surface area contributed by atoms with E-state index in [0.29, 0.717) is 4.99 Å². The van der Waals surface area contributed by atoms with E-state index in [0.717, 1.165) is 50.6 Å². The quantitative estimate of drug-likeness (QED) is 0.815. The van der Waals surface area contributed by atoms with Gasteiger partial charge in [0.2, 0.25) is 0 Å². The van der Waals surface area contributed by atoms with E-state index in [1.165, 1.54) is 0 Å². The van der Waals surface area contributed by atoms with Crippen molar-refractivity contribution in [2.45, 2.75) is 19.4 Å². The van der Waals surface area contributed by atoms with Gasteiger partial charge in [-0.3, -0.25) is 4.90 Å². The van der Waals surface area contributed by atoms with Crippen molar-refractivity contribution in [2.75, 3.05) is 32.9 Å². The fourth-order valence-corrected chi connectivity index (χ4v) is 2.64. The van der Waals surface area contributed by atoms with E-state index in [2.05, 4.69) is 11.8 Å². The third-order valence-corrected chi connectivity index (χ3v) is 3.57. The van der Waals surface area contributed by atoms with Crippen molar-refractivity contribution in [3.8, 4) is 5.75 Å². The minimum Gasteiger partial charge on any atom is -0.494 e. The highest BCUT2D eigenvalue weighted by molar-refractivity contribution is 7.80. The van der Waals surface area contributed by atoms with Gasteiger partial charge in [-0.1, -0.05) is 31.3 Å². The largest absolute Gasteiger partial charge is 0.494 e. The average Bonchev–Trinajstić information content (AvgIpc) is 2.47. The molecule has 5 heteroatoms. The highest BCUT2D eigenvalue weighted by Crippen LogP contribution is 2.24. The van der Waals surface area contributed by atoms with Gasteiger partial charge in [-0.2, -0.15) is 0 Å².